The molecule has 2 atom stereocenters. The molecule has 1 heterocycles. The van der Waals surface area contributed by atoms with Crippen LogP contribution in [-0.4, -0.2) is 43.0 Å². The number of piperidine rings is 1. The number of carbonyl (C=O) groups is 1. The first-order chi connectivity index (χ1) is 8.02. The lowest BCUT2D eigenvalue weighted by Gasteiger charge is -2.37. The molecule has 0 aromatic heterocycles. The zero-order chi connectivity index (χ0) is 12.8. The maximum atomic E-state index is 11.8. The third kappa shape index (κ3) is 5.04. The highest BCUT2D eigenvalue weighted by atomic mass is 16.2. The quantitative estimate of drug-likeness (QED) is 0.749. The molecule has 4 nitrogen and oxygen atoms in total. The van der Waals surface area contributed by atoms with E-state index in [0.717, 1.165) is 25.4 Å². The topological polar surface area (TPSA) is 58.4 Å². The molecule has 0 aromatic rings. The van der Waals surface area contributed by atoms with Crippen molar-refractivity contribution in [2.75, 3.05) is 26.2 Å². The average molecular weight is 241 g/mol. The van der Waals surface area contributed by atoms with Crippen molar-refractivity contribution >= 4 is 5.91 Å². The number of hydrogen-bond donors (Lipinski definition) is 2. The summed E-state index contributed by atoms with van der Waals surface area (Å²) in [6.07, 6.45) is 2.29. The lowest BCUT2D eigenvalue weighted by Crippen LogP contribution is -2.50. The molecular formula is C13H27N3O. The summed E-state index contributed by atoms with van der Waals surface area (Å²) in [5, 5.41) is 2.96. The second-order valence-corrected chi connectivity index (χ2v) is 5.69. The van der Waals surface area contributed by atoms with E-state index in [0.29, 0.717) is 25.0 Å². The molecule has 1 amide bonds. The molecule has 100 valence electrons. The molecule has 3 N–H and O–H groups in total. The molecule has 0 radical (unpaired) electrons. The molecule has 0 spiro atoms. The fraction of sp³-hybridized carbons (Fsp3) is 0.923. The van der Waals surface area contributed by atoms with E-state index in [4.69, 9.17) is 5.73 Å². The van der Waals surface area contributed by atoms with Crippen molar-refractivity contribution < 1.29 is 4.79 Å². The van der Waals surface area contributed by atoms with Gasteiger partial charge in [-0.05, 0) is 31.2 Å². The highest BCUT2D eigenvalue weighted by molar-refractivity contribution is 5.78. The molecule has 4 heteroatoms. The van der Waals surface area contributed by atoms with Crippen molar-refractivity contribution in [3.8, 4) is 0 Å². The Morgan fingerprint density at radius 3 is 2.82 bits per heavy atom. The number of nitrogens with two attached hydrogens (primary N) is 1. The summed E-state index contributed by atoms with van der Waals surface area (Å²) in [6, 6.07) is 0.378. The smallest absolute Gasteiger partial charge is 0.234 e. The summed E-state index contributed by atoms with van der Waals surface area (Å²) in [4.78, 5) is 14.0. The molecule has 1 aliphatic rings. The van der Waals surface area contributed by atoms with Gasteiger partial charge in [0, 0.05) is 19.1 Å². The Hall–Kier alpha value is -0.610. The van der Waals surface area contributed by atoms with Crippen molar-refractivity contribution in [2.24, 2.45) is 17.6 Å². The van der Waals surface area contributed by atoms with Gasteiger partial charge in [-0.25, -0.2) is 0 Å². The average Bonchev–Trinajstić information content (AvgIpc) is 2.28. The van der Waals surface area contributed by atoms with Gasteiger partial charge in [-0.2, -0.15) is 0 Å². The van der Waals surface area contributed by atoms with E-state index >= 15 is 0 Å². The molecule has 0 aromatic carbocycles. The van der Waals surface area contributed by atoms with Gasteiger partial charge in [-0.3, -0.25) is 9.69 Å². The molecule has 1 rings (SSSR count). The van der Waals surface area contributed by atoms with Crippen LogP contribution in [0.1, 0.15) is 33.6 Å². The summed E-state index contributed by atoms with van der Waals surface area (Å²) >= 11 is 0. The van der Waals surface area contributed by atoms with Crippen LogP contribution < -0.4 is 11.1 Å². The van der Waals surface area contributed by atoms with Crippen LogP contribution in [0.3, 0.4) is 0 Å². The zero-order valence-electron chi connectivity index (χ0n) is 11.4. The Balaban J connectivity index is 2.36. The van der Waals surface area contributed by atoms with Crippen molar-refractivity contribution in [1.29, 1.82) is 0 Å². The largest absolute Gasteiger partial charge is 0.355 e. The van der Waals surface area contributed by atoms with E-state index in [1.165, 1.54) is 6.42 Å². The summed E-state index contributed by atoms with van der Waals surface area (Å²) in [5.41, 5.74) is 5.78. The summed E-state index contributed by atoms with van der Waals surface area (Å²) < 4.78 is 0. The molecule has 0 saturated carbocycles. The minimum atomic E-state index is 0.131. The van der Waals surface area contributed by atoms with Crippen LogP contribution in [0.5, 0.6) is 0 Å². The van der Waals surface area contributed by atoms with Crippen LogP contribution in [0.25, 0.3) is 0 Å². The van der Waals surface area contributed by atoms with E-state index in [9.17, 15) is 4.79 Å². The predicted octanol–water partition coefficient (Wildman–Crippen LogP) is 0.818. The first-order valence-corrected chi connectivity index (χ1v) is 6.73. The fourth-order valence-electron chi connectivity index (χ4n) is 2.31. The normalized spacial score (nSPS) is 26.2. The van der Waals surface area contributed by atoms with Crippen LogP contribution in [0.2, 0.25) is 0 Å². The number of rotatable bonds is 5. The van der Waals surface area contributed by atoms with Gasteiger partial charge in [-0.15, -0.1) is 0 Å². The molecule has 1 fully saturated rings. The molecule has 0 bridgehead atoms. The Morgan fingerprint density at radius 2 is 2.24 bits per heavy atom. The Bertz CT molecular complexity index is 243. The first kappa shape index (κ1) is 14.5. The minimum absolute atomic E-state index is 0.131. The fourth-order valence-corrected chi connectivity index (χ4v) is 2.31. The maximum absolute atomic E-state index is 11.8. The molecule has 1 aliphatic heterocycles. The van der Waals surface area contributed by atoms with Crippen molar-refractivity contribution in [3.63, 3.8) is 0 Å². The summed E-state index contributed by atoms with van der Waals surface area (Å²) in [6.45, 7) is 9.38. The van der Waals surface area contributed by atoms with Crippen LogP contribution in [0.4, 0.5) is 0 Å². The van der Waals surface area contributed by atoms with E-state index in [2.05, 4.69) is 31.0 Å². The van der Waals surface area contributed by atoms with E-state index in [1.807, 2.05) is 0 Å². The van der Waals surface area contributed by atoms with Gasteiger partial charge in [0.05, 0.1) is 6.54 Å². The van der Waals surface area contributed by atoms with Gasteiger partial charge in [-0.1, -0.05) is 20.8 Å². The number of likely N-dealkylation sites (tertiary alicyclic amines) is 1. The summed E-state index contributed by atoms with van der Waals surface area (Å²) in [5.74, 6) is 1.37. The van der Waals surface area contributed by atoms with Gasteiger partial charge in [0.15, 0.2) is 0 Å². The van der Waals surface area contributed by atoms with E-state index in [-0.39, 0.29) is 5.91 Å². The number of hydrogen-bond acceptors (Lipinski definition) is 3. The monoisotopic (exact) mass is 241 g/mol. The molecule has 17 heavy (non-hydrogen) atoms. The van der Waals surface area contributed by atoms with Gasteiger partial charge in [0.2, 0.25) is 5.91 Å². The highest BCUT2D eigenvalue weighted by Crippen LogP contribution is 2.21. The van der Waals surface area contributed by atoms with Crippen molar-refractivity contribution in [2.45, 2.75) is 39.7 Å². The standard InChI is InChI=1S/C13H27N3O/c1-10(2)8-15-13(17)9-16-5-4-11(3)6-12(16)7-14/h10-12H,4-9,14H2,1-3H3,(H,15,17). The number of amides is 1. The van der Waals surface area contributed by atoms with Crippen molar-refractivity contribution in [3.05, 3.63) is 0 Å². The first-order valence-electron chi connectivity index (χ1n) is 6.73. The Labute approximate surface area is 105 Å². The predicted molar refractivity (Wildman–Crippen MR) is 70.7 cm³/mol. The lowest BCUT2D eigenvalue weighted by molar-refractivity contribution is -0.123. The maximum Gasteiger partial charge on any atom is 0.234 e. The SMILES string of the molecule is CC(C)CNC(=O)CN1CCC(C)CC1CN. The lowest BCUT2D eigenvalue weighted by atomic mass is 9.92. The molecular weight excluding hydrogens is 214 g/mol. The van der Waals surface area contributed by atoms with E-state index in [1.54, 1.807) is 0 Å². The molecule has 0 aliphatic carbocycles. The van der Waals surface area contributed by atoms with Gasteiger partial charge >= 0.3 is 0 Å². The third-order valence-electron chi connectivity index (χ3n) is 3.43. The number of carbonyl (C=O) groups excluding carboxylic acids is 1. The van der Waals surface area contributed by atoms with Gasteiger partial charge in [0.25, 0.3) is 0 Å². The third-order valence-corrected chi connectivity index (χ3v) is 3.43. The Kier molecular flexibility index (Phi) is 5.92. The number of nitrogens with one attached hydrogen (secondary N) is 1. The highest BCUT2D eigenvalue weighted by Gasteiger charge is 2.26. The zero-order valence-corrected chi connectivity index (χ0v) is 11.4. The van der Waals surface area contributed by atoms with Crippen molar-refractivity contribution in [1.82, 2.24) is 10.2 Å². The van der Waals surface area contributed by atoms with Crippen LogP contribution >= 0.6 is 0 Å². The van der Waals surface area contributed by atoms with Gasteiger partial charge in [0.1, 0.15) is 0 Å². The summed E-state index contributed by atoms with van der Waals surface area (Å²) in [7, 11) is 0. The van der Waals surface area contributed by atoms with Crippen LogP contribution in [0, 0.1) is 11.8 Å². The molecule has 2 unspecified atom stereocenters. The second kappa shape index (κ2) is 6.97. The van der Waals surface area contributed by atoms with E-state index < -0.39 is 0 Å². The van der Waals surface area contributed by atoms with Crippen LogP contribution in [0.15, 0.2) is 0 Å². The molecule has 1 saturated heterocycles. The Morgan fingerprint density at radius 1 is 1.53 bits per heavy atom. The number of nitrogens with zero attached hydrogens (tertiary/aromatic N) is 1. The van der Waals surface area contributed by atoms with Gasteiger partial charge < -0.3 is 11.1 Å². The second-order valence-electron chi connectivity index (χ2n) is 5.69. The minimum Gasteiger partial charge on any atom is -0.355 e. The van der Waals surface area contributed by atoms with Crippen LogP contribution in [-0.2, 0) is 4.79 Å².